The minimum Gasteiger partial charge on any atom is -0.324 e. The molecule has 5 rings (SSSR count). The lowest BCUT2D eigenvalue weighted by molar-refractivity contribution is -0.110. The molecule has 0 aliphatic heterocycles. The Morgan fingerprint density at radius 2 is 1.76 bits per heavy atom. The molecule has 2 aromatic heterocycles. The molecule has 0 bridgehead atoms. The van der Waals surface area contributed by atoms with E-state index in [2.05, 4.69) is 32.4 Å². The number of benzene rings is 2. The minimum atomic E-state index is 0.0355. The molecule has 140 valence electrons. The maximum Gasteiger partial charge on any atom is 0.227 e. The van der Waals surface area contributed by atoms with Crippen molar-refractivity contribution in [2.75, 3.05) is 5.32 Å². The van der Waals surface area contributed by atoms with Gasteiger partial charge in [0, 0.05) is 23.4 Å². The van der Waals surface area contributed by atoms with Gasteiger partial charge in [-0.15, -0.1) is 11.3 Å². The van der Waals surface area contributed by atoms with E-state index >= 15 is 0 Å². The average Bonchev–Trinajstić information content (AvgIpc) is 3.23. The Balaban J connectivity index is 1.37. The number of aromatic nitrogens is 3. The van der Waals surface area contributed by atoms with Gasteiger partial charge in [-0.3, -0.25) is 4.79 Å². The SMILES string of the molecule is O=C1C=CC(c2ccc(-c3ccnc(Nc4ccc5ncsc5c4)n3)cc2)C=C1. The Morgan fingerprint density at radius 3 is 2.59 bits per heavy atom. The lowest BCUT2D eigenvalue weighted by atomic mass is 9.93. The molecule has 0 radical (unpaired) electrons. The first-order valence-corrected chi connectivity index (χ1v) is 10.1. The number of carbonyl (C=O) groups excluding carboxylic acids is 1. The first-order chi connectivity index (χ1) is 14.2. The number of ketones is 1. The normalized spacial score (nSPS) is 13.9. The van der Waals surface area contributed by atoms with Crippen LogP contribution >= 0.6 is 11.3 Å². The fourth-order valence-electron chi connectivity index (χ4n) is 3.26. The number of hydrogen-bond donors (Lipinski definition) is 1. The maximum absolute atomic E-state index is 11.3. The van der Waals surface area contributed by atoms with Crippen LogP contribution in [0.25, 0.3) is 21.5 Å². The number of hydrogen-bond acceptors (Lipinski definition) is 6. The van der Waals surface area contributed by atoms with Crippen LogP contribution in [0.1, 0.15) is 11.5 Å². The van der Waals surface area contributed by atoms with E-state index in [4.69, 9.17) is 0 Å². The van der Waals surface area contributed by atoms with Gasteiger partial charge >= 0.3 is 0 Å². The molecule has 2 aromatic carbocycles. The topological polar surface area (TPSA) is 67.8 Å². The first-order valence-electron chi connectivity index (χ1n) is 9.19. The molecule has 0 fully saturated rings. The molecule has 6 heteroatoms. The van der Waals surface area contributed by atoms with Crippen molar-refractivity contribution in [3.63, 3.8) is 0 Å². The fourth-order valence-corrected chi connectivity index (χ4v) is 3.97. The van der Waals surface area contributed by atoms with Crippen LogP contribution in [0.5, 0.6) is 0 Å². The van der Waals surface area contributed by atoms with Gasteiger partial charge in [-0.05, 0) is 42.0 Å². The largest absolute Gasteiger partial charge is 0.324 e. The molecule has 0 atom stereocenters. The summed E-state index contributed by atoms with van der Waals surface area (Å²) < 4.78 is 1.12. The van der Waals surface area contributed by atoms with E-state index in [1.54, 1.807) is 29.7 Å². The molecule has 0 amide bonds. The summed E-state index contributed by atoms with van der Waals surface area (Å²) in [4.78, 5) is 24.6. The molecule has 0 spiro atoms. The van der Waals surface area contributed by atoms with Gasteiger partial charge in [0.25, 0.3) is 0 Å². The van der Waals surface area contributed by atoms with Crippen LogP contribution in [-0.4, -0.2) is 20.7 Å². The second kappa shape index (κ2) is 7.41. The average molecular weight is 396 g/mol. The van der Waals surface area contributed by atoms with Crippen molar-refractivity contribution in [1.82, 2.24) is 15.0 Å². The zero-order valence-electron chi connectivity index (χ0n) is 15.3. The Morgan fingerprint density at radius 1 is 0.931 bits per heavy atom. The molecule has 0 saturated heterocycles. The summed E-state index contributed by atoms with van der Waals surface area (Å²) in [6.45, 7) is 0. The van der Waals surface area contributed by atoms with Crippen LogP contribution < -0.4 is 5.32 Å². The van der Waals surface area contributed by atoms with Gasteiger partial charge in [-0.25, -0.2) is 15.0 Å². The number of carbonyl (C=O) groups is 1. The van der Waals surface area contributed by atoms with Crippen LogP contribution in [0.3, 0.4) is 0 Å². The van der Waals surface area contributed by atoms with Crippen molar-refractivity contribution >= 4 is 39.0 Å². The number of thiazole rings is 1. The first kappa shape index (κ1) is 17.5. The zero-order valence-corrected chi connectivity index (χ0v) is 16.1. The quantitative estimate of drug-likeness (QED) is 0.509. The fraction of sp³-hybridized carbons (Fsp3) is 0.0435. The molecule has 1 aliphatic carbocycles. The lowest BCUT2D eigenvalue weighted by Gasteiger charge is -2.12. The second-order valence-electron chi connectivity index (χ2n) is 6.69. The highest BCUT2D eigenvalue weighted by Crippen LogP contribution is 2.27. The predicted molar refractivity (Wildman–Crippen MR) is 116 cm³/mol. The van der Waals surface area contributed by atoms with Gasteiger partial charge < -0.3 is 5.32 Å². The van der Waals surface area contributed by atoms with Crippen LogP contribution in [-0.2, 0) is 4.79 Å². The minimum absolute atomic E-state index is 0.0355. The zero-order chi connectivity index (χ0) is 19.6. The van der Waals surface area contributed by atoms with E-state index < -0.39 is 0 Å². The van der Waals surface area contributed by atoms with Gasteiger partial charge in [0.2, 0.25) is 5.95 Å². The van der Waals surface area contributed by atoms with E-state index in [0.29, 0.717) is 5.95 Å². The molecule has 2 heterocycles. The summed E-state index contributed by atoms with van der Waals surface area (Å²) in [6, 6.07) is 16.1. The third-order valence-electron chi connectivity index (χ3n) is 4.77. The predicted octanol–water partition coefficient (Wildman–Crippen LogP) is 5.28. The molecule has 1 aliphatic rings. The third kappa shape index (κ3) is 3.70. The smallest absolute Gasteiger partial charge is 0.227 e. The number of rotatable bonds is 4. The highest BCUT2D eigenvalue weighted by molar-refractivity contribution is 7.16. The number of nitrogens with one attached hydrogen (secondary N) is 1. The molecular weight excluding hydrogens is 380 g/mol. The summed E-state index contributed by atoms with van der Waals surface area (Å²) in [5.74, 6) is 0.714. The Labute approximate surface area is 171 Å². The molecule has 0 unspecified atom stereocenters. The van der Waals surface area contributed by atoms with Gasteiger partial charge in [0.1, 0.15) is 0 Å². The van der Waals surface area contributed by atoms with Crippen LogP contribution in [0, 0.1) is 0 Å². The number of fused-ring (bicyclic) bond motifs is 1. The van der Waals surface area contributed by atoms with E-state index in [-0.39, 0.29) is 11.7 Å². The number of nitrogens with zero attached hydrogens (tertiary/aromatic N) is 3. The van der Waals surface area contributed by atoms with Crippen molar-refractivity contribution in [3.05, 3.63) is 90.1 Å². The van der Waals surface area contributed by atoms with Crippen molar-refractivity contribution in [2.45, 2.75) is 5.92 Å². The van der Waals surface area contributed by atoms with Crippen LogP contribution in [0.15, 0.2) is 84.5 Å². The van der Waals surface area contributed by atoms with Crippen LogP contribution in [0.2, 0.25) is 0 Å². The maximum atomic E-state index is 11.3. The van der Waals surface area contributed by atoms with E-state index in [1.165, 1.54) is 0 Å². The standard InChI is InChI=1S/C23H16N4OS/c28-19-8-5-16(6-9-19)15-1-3-17(4-2-15)20-11-12-24-23(27-20)26-18-7-10-21-22(13-18)29-14-25-21/h1-14,16H,(H,24,26,27). The Kier molecular flexibility index (Phi) is 4.46. The van der Waals surface area contributed by atoms with Gasteiger partial charge in [-0.1, -0.05) is 36.4 Å². The molecule has 5 nitrogen and oxygen atoms in total. The highest BCUT2D eigenvalue weighted by atomic mass is 32.1. The second-order valence-corrected chi connectivity index (χ2v) is 7.58. The lowest BCUT2D eigenvalue weighted by Crippen LogP contribution is -2.00. The molecular formula is C23H16N4OS. The summed E-state index contributed by atoms with van der Waals surface area (Å²) >= 11 is 1.60. The Hall–Kier alpha value is -3.64. The highest BCUT2D eigenvalue weighted by Gasteiger charge is 2.10. The molecule has 29 heavy (non-hydrogen) atoms. The third-order valence-corrected chi connectivity index (χ3v) is 5.56. The molecule has 0 saturated carbocycles. The molecule has 1 N–H and O–H groups in total. The van der Waals surface area contributed by atoms with E-state index in [9.17, 15) is 4.79 Å². The van der Waals surface area contributed by atoms with Crippen molar-refractivity contribution < 1.29 is 4.79 Å². The van der Waals surface area contributed by atoms with Crippen molar-refractivity contribution in [2.24, 2.45) is 0 Å². The van der Waals surface area contributed by atoms with E-state index in [0.717, 1.165) is 32.7 Å². The van der Waals surface area contributed by atoms with Gasteiger partial charge in [0.15, 0.2) is 5.78 Å². The number of anilines is 2. The summed E-state index contributed by atoms with van der Waals surface area (Å²) in [6.07, 6.45) is 8.82. The Bertz CT molecular complexity index is 1240. The summed E-state index contributed by atoms with van der Waals surface area (Å²) in [5.41, 5.74) is 6.75. The van der Waals surface area contributed by atoms with Gasteiger partial charge in [0.05, 0.1) is 21.4 Å². The number of allylic oxidation sites excluding steroid dienone is 4. The van der Waals surface area contributed by atoms with Crippen molar-refractivity contribution in [1.29, 1.82) is 0 Å². The van der Waals surface area contributed by atoms with E-state index in [1.807, 2.05) is 54.1 Å². The van der Waals surface area contributed by atoms with Crippen LogP contribution in [0.4, 0.5) is 11.6 Å². The van der Waals surface area contributed by atoms with Crippen molar-refractivity contribution in [3.8, 4) is 11.3 Å². The summed E-state index contributed by atoms with van der Waals surface area (Å²) in [5, 5.41) is 3.27. The van der Waals surface area contributed by atoms with Gasteiger partial charge in [-0.2, -0.15) is 0 Å². The molecule has 4 aromatic rings. The monoisotopic (exact) mass is 396 g/mol. The summed E-state index contributed by atoms with van der Waals surface area (Å²) in [7, 11) is 0.